The van der Waals surface area contributed by atoms with E-state index in [0.29, 0.717) is 27.8 Å². The smallest absolute Gasteiger partial charge is 0.322 e. The maximum absolute atomic E-state index is 14.1. The van der Waals surface area contributed by atoms with Crippen LogP contribution in [0.25, 0.3) is 10.8 Å². The highest BCUT2D eigenvalue weighted by Crippen LogP contribution is 2.38. The molecule has 0 aliphatic carbocycles. The van der Waals surface area contributed by atoms with Crippen molar-refractivity contribution in [1.82, 2.24) is 9.88 Å². The normalized spacial score (nSPS) is 15.5. The summed E-state index contributed by atoms with van der Waals surface area (Å²) in [6.45, 7) is 0.137. The van der Waals surface area contributed by atoms with Crippen LogP contribution in [-0.4, -0.2) is 36.6 Å². The van der Waals surface area contributed by atoms with Crippen molar-refractivity contribution in [3.8, 4) is 0 Å². The number of ether oxygens (including phenoxy) is 1. The van der Waals surface area contributed by atoms with Crippen molar-refractivity contribution in [3.05, 3.63) is 64.6 Å². The predicted octanol–water partition coefficient (Wildman–Crippen LogP) is 5.37. The van der Waals surface area contributed by atoms with Gasteiger partial charge in [-0.15, -0.1) is 0 Å². The summed E-state index contributed by atoms with van der Waals surface area (Å²) in [5, 5.41) is 5.98. The van der Waals surface area contributed by atoms with E-state index in [0.717, 1.165) is 30.3 Å². The van der Waals surface area contributed by atoms with E-state index < -0.39 is 41.5 Å². The molecule has 1 aliphatic rings. The van der Waals surface area contributed by atoms with Crippen molar-refractivity contribution in [2.45, 2.75) is 19.1 Å². The number of urea groups is 1. The zero-order chi connectivity index (χ0) is 23.9. The van der Waals surface area contributed by atoms with Crippen LogP contribution in [0.3, 0.4) is 0 Å². The molecule has 2 aromatic carbocycles. The summed E-state index contributed by atoms with van der Waals surface area (Å²) in [7, 11) is 3.03. The molecule has 0 bridgehead atoms. The van der Waals surface area contributed by atoms with Gasteiger partial charge in [0.2, 0.25) is 0 Å². The van der Waals surface area contributed by atoms with Gasteiger partial charge in [-0.05, 0) is 35.7 Å². The Hall–Kier alpha value is -3.47. The first-order valence-electron chi connectivity index (χ1n) is 9.89. The van der Waals surface area contributed by atoms with Gasteiger partial charge in [-0.2, -0.15) is 0 Å². The number of benzene rings is 2. The van der Waals surface area contributed by atoms with E-state index >= 15 is 0 Å². The molecule has 0 spiro atoms. The molecule has 33 heavy (non-hydrogen) atoms. The fraction of sp³-hybridized carbons (Fsp3) is 0.273. The topological polar surface area (TPSA) is 66.5 Å². The van der Waals surface area contributed by atoms with Crippen molar-refractivity contribution >= 4 is 28.3 Å². The largest absolute Gasteiger partial charge is 0.373 e. The third-order valence-electron chi connectivity index (χ3n) is 5.52. The van der Waals surface area contributed by atoms with Gasteiger partial charge >= 0.3 is 6.03 Å². The van der Waals surface area contributed by atoms with Gasteiger partial charge in [-0.1, -0.05) is 0 Å². The first kappa shape index (κ1) is 22.7. The average molecular weight is 466 g/mol. The first-order valence-corrected chi connectivity index (χ1v) is 9.89. The monoisotopic (exact) mass is 466 g/mol. The van der Waals surface area contributed by atoms with E-state index in [1.807, 2.05) is 0 Å². The molecule has 2 amide bonds. The second kappa shape index (κ2) is 8.81. The average Bonchev–Trinajstić information content (AvgIpc) is 2.79. The Morgan fingerprint density at radius 1 is 1.12 bits per heavy atom. The Kier molecular flexibility index (Phi) is 6.07. The van der Waals surface area contributed by atoms with E-state index in [9.17, 15) is 26.7 Å². The van der Waals surface area contributed by atoms with E-state index in [1.165, 1.54) is 11.9 Å². The van der Waals surface area contributed by atoms with Gasteiger partial charge in [0.05, 0.1) is 30.5 Å². The molecule has 0 saturated heterocycles. The van der Waals surface area contributed by atoms with Crippen LogP contribution in [0.4, 0.5) is 38.3 Å². The van der Waals surface area contributed by atoms with Crippen molar-refractivity contribution in [2.75, 3.05) is 31.3 Å². The molecule has 11 heteroatoms. The molecular formula is C22H19F5N4O2. The number of alkyl halides is 2. The molecule has 0 radical (unpaired) electrons. The van der Waals surface area contributed by atoms with Gasteiger partial charge in [0.15, 0.2) is 11.6 Å². The molecule has 0 unspecified atom stereocenters. The van der Waals surface area contributed by atoms with Gasteiger partial charge < -0.3 is 20.3 Å². The summed E-state index contributed by atoms with van der Waals surface area (Å²) in [6.07, 6.45) is -3.05. The van der Waals surface area contributed by atoms with Crippen molar-refractivity contribution in [1.29, 1.82) is 0 Å². The number of aromatic nitrogens is 1. The summed E-state index contributed by atoms with van der Waals surface area (Å²) in [6, 6.07) is 3.49. The number of hydrogen-bond acceptors (Lipinski definition) is 4. The minimum Gasteiger partial charge on any atom is -0.373 e. The molecule has 4 rings (SSSR count). The standard InChI is InChI=1S/C22H19F5N4O2/c1-28-21-12-7-16(25)15(24)6-11(12)19-17(30-21)8-33-9-18(19)31(2)22(32)29-10-3-4-14(23)13(5-10)20(26)27/h3-7,18,20H,8-9H2,1-2H3,(H,28,30)(H,29,32)/t18-/m0/s1. The number of nitrogens with one attached hydrogen (secondary N) is 2. The Morgan fingerprint density at radius 3 is 2.48 bits per heavy atom. The van der Waals surface area contributed by atoms with Crippen LogP contribution in [0.5, 0.6) is 0 Å². The zero-order valence-corrected chi connectivity index (χ0v) is 17.6. The molecule has 1 aliphatic heterocycles. The predicted molar refractivity (Wildman–Crippen MR) is 112 cm³/mol. The van der Waals surface area contributed by atoms with Crippen LogP contribution in [0, 0.1) is 17.5 Å². The lowest BCUT2D eigenvalue weighted by Gasteiger charge is -2.34. The third kappa shape index (κ3) is 4.15. The van der Waals surface area contributed by atoms with Gasteiger partial charge in [0.1, 0.15) is 11.6 Å². The van der Waals surface area contributed by atoms with Crippen LogP contribution in [0.15, 0.2) is 30.3 Å². The van der Waals surface area contributed by atoms with Crippen LogP contribution in [0.2, 0.25) is 0 Å². The number of carbonyl (C=O) groups is 1. The summed E-state index contributed by atoms with van der Waals surface area (Å²) >= 11 is 0. The number of likely N-dealkylation sites (N-methyl/N-ethyl adjacent to an activating group) is 1. The van der Waals surface area contributed by atoms with Crippen molar-refractivity contribution in [3.63, 3.8) is 0 Å². The second-order valence-corrected chi connectivity index (χ2v) is 7.49. The van der Waals surface area contributed by atoms with Crippen LogP contribution in [-0.2, 0) is 11.3 Å². The van der Waals surface area contributed by atoms with Crippen LogP contribution < -0.4 is 10.6 Å². The fourth-order valence-corrected chi connectivity index (χ4v) is 3.85. The number of amides is 2. The quantitative estimate of drug-likeness (QED) is 0.508. The number of halogens is 5. The molecular weight excluding hydrogens is 447 g/mol. The molecule has 0 saturated carbocycles. The Balaban J connectivity index is 1.71. The lowest BCUT2D eigenvalue weighted by atomic mass is 9.95. The third-order valence-corrected chi connectivity index (χ3v) is 5.52. The van der Waals surface area contributed by atoms with Crippen LogP contribution in [0.1, 0.15) is 29.3 Å². The highest BCUT2D eigenvalue weighted by atomic mass is 19.3. The maximum atomic E-state index is 14.1. The fourth-order valence-electron chi connectivity index (χ4n) is 3.85. The maximum Gasteiger partial charge on any atom is 0.322 e. The number of fused-ring (bicyclic) bond motifs is 3. The minimum absolute atomic E-state index is 0.0258. The number of nitrogens with zero attached hydrogens (tertiary/aromatic N) is 2. The van der Waals surface area contributed by atoms with E-state index in [1.54, 1.807) is 7.05 Å². The Morgan fingerprint density at radius 2 is 1.82 bits per heavy atom. The molecule has 174 valence electrons. The van der Waals surface area contributed by atoms with Gasteiger partial charge in [-0.3, -0.25) is 0 Å². The summed E-state index contributed by atoms with van der Waals surface area (Å²) < 4.78 is 73.2. The van der Waals surface area contributed by atoms with Crippen molar-refractivity contribution in [2.24, 2.45) is 0 Å². The lowest BCUT2D eigenvalue weighted by molar-refractivity contribution is 0.0529. The highest BCUT2D eigenvalue weighted by molar-refractivity contribution is 5.96. The molecule has 3 aromatic rings. The summed E-state index contributed by atoms with van der Waals surface area (Å²) in [5.74, 6) is -2.86. The Labute approximate surface area is 185 Å². The van der Waals surface area contributed by atoms with Crippen molar-refractivity contribution < 1.29 is 31.5 Å². The van der Waals surface area contributed by atoms with E-state index in [-0.39, 0.29) is 18.9 Å². The van der Waals surface area contributed by atoms with Crippen LogP contribution >= 0.6 is 0 Å². The molecule has 2 N–H and O–H groups in total. The molecule has 6 nitrogen and oxygen atoms in total. The van der Waals surface area contributed by atoms with E-state index in [2.05, 4.69) is 15.6 Å². The van der Waals surface area contributed by atoms with Gasteiger partial charge in [-0.25, -0.2) is 31.7 Å². The summed E-state index contributed by atoms with van der Waals surface area (Å²) in [4.78, 5) is 18.6. The molecule has 1 atom stereocenters. The highest BCUT2D eigenvalue weighted by Gasteiger charge is 2.32. The number of rotatable bonds is 4. The van der Waals surface area contributed by atoms with Gasteiger partial charge in [0, 0.05) is 30.7 Å². The Bertz CT molecular complexity index is 1240. The number of carbonyl (C=O) groups excluding carboxylic acids is 1. The number of pyridine rings is 1. The lowest BCUT2D eigenvalue weighted by Crippen LogP contribution is -2.39. The molecule has 1 aromatic heterocycles. The summed E-state index contributed by atoms with van der Waals surface area (Å²) in [5.41, 5.74) is 0.0610. The zero-order valence-electron chi connectivity index (χ0n) is 17.6. The van der Waals surface area contributed by atoms with E-state index in [4.69, 9.17) is 4.74 Å². The molecule has 2 heterocycles. The number of anilines is 2. The minimum atomic E-state index is -3.05. The SMILES string of the molecule is CNc1nc2c(c3cc(F)c(F)cc13)[C@@H](N(C)C(=O)Nc1ccc(F)c(C(F)F)c1)COC2. The second-order valence-electron chi connectivity index (χ2n) is 7.49. The molecule has 0 fully saturated rings. The van der Waals surface area contributed by atoms with Gasteiger partial charge in [0.25, 0.3) is 6.43 Å². The number of hydrogen-bond donors (Lipinski definition) is 2. The first-order chi connectivity index (χ1) is 15.7.